The van der Waals surface area contributed by atoms with Crippen molar-refractivity contribution in [1.82, 2.24) is 10.1 Å². The van der Waals surface area contributed by atoms with Gasteiger partial charge in [0, 0.05) is 15.6 Å². The van der Waals surface area contributed by atoms with Gasteiger partial charge in [-0.15, -0.1) is 0 Å². The summed E-state index contributed by atoms with van der Waals surface area (Å²) in [6.45, 7) is 2.01. The fraction of sp³-hybridized carbons (Fsp3) is 0.385. The second-order valence-corrected chi connectivity index (χ2v) is 5.19. The summed E-state index contributed by atoms with van der Waals surface area (Å²) in [6, 6.07) is 5.06. The minimum Gasteiger partial charge on any atom is -0.393 e. The number of aliphatic hydroxyl groups excluding tert-OH is 1. The summed E-state index contributed by atoms with van der Waals surface area (Å²) in [5.41, 5.74) is 0.692. The van der Waals surface area contributed by atoms with Gasteiger partial charge in [-0.05, 0) is 24.6 Å². The number of aromatic nitrogens is 2. The van der Waals surface area contributed by atoms with Gasteiger partial charge >= 0.3 is 0 Å². The Kier molecular flexibility index (Phi) is 4.80. The van der Waals surface area contributed by atoms with E-state index >= 15 is 0 Å². The Hall–Kier alpha value is -1.10. The molecule has 0 aliphatic rings. The molecule has 1 heterocycles. The number of hydrogen-bond donors (Lipinski definition) is 1. The van der Waals surface area contributed by atoms with Gasteiger partial charge in [0.15, 0.2) is 0 Å². The largest absolute Gasteiger partial charge is 0.393 e. The van der Waals surface area contributed by atoms with Crippen molar-refractivity contribution in [2.75, 3.05) is 0 Å². The Morgan fingerprint density at radius 2 is 1.95 bits per heavy atom. The normalized spacial score (nSPS) is 12.6. The number of halogens is 2. The number of benzene rings is 1. The van der Waals surface area contributed by atoms with Crippen LogP contribution in [0.4, 0.5) is 0 Å². The van der Waals surface area contributed by atoms with E-state index in [9.17, 15) is 5.11 Å². The summed E-state index contributed by atoms with van der Waals surface area (Å²) in [4.78, 5) is 4.23. The lowest BCUT2D eigenvalue weighted by Crippen LogP contribution is -2.09. The summed E-state index contributed by atoms with van der Waals surface area (Å²) >= 11 is 11.8. The smallest absolute Gasteiger partial charge is 0.229 e. The average Bonchev–Trinajstić information content (AvgIpc) is 2.76. The Morgan fingerprint density at radius 1 is 1.26 bits per heavy atom. The lowest BCUT2D eigenvalue weighted by Gasteiger charge is -2.03. The first kappa shape index (κ1) is 14.3. The van der Waals surface area contributed by atoms with E-state index in [0.717, 1.165) is 6.42 Å². The van der Waals surface area contributed by atoms with Crippen molar-refractivity contribution < 1.29 is 9.63 Å². The molecule has 19 heavy (non-hydrogen) atoms. The highest BCUT2D eigenvalue weighted by molar-refractivity contribution is 6.35. The first-order valence-corrected chi connectivity index (χ1v) is 6.81. The fourth-order valence-corrected chi connectivity index (χ4v) is 2.30. The van der Waals surface area contributed by atoms with Crippen molar-refractivity contribution >= 4 is 23.2 Å². The predicted octanol–water partition coefficient (Wildman–Crippen LogP) is 3.75. The quantitative estimate of drug-likeness (QED) is 0.913. The van der Waals surface area contributed by atoms with Crippen molar-refractivity contribution in [2.24, 2.45) is 0 Å². The van der Waals surface area contributed by atoms with E-state index in [2.05, 4.69) is 10.1 Å². The molecule has 0 bridgehead atoms. The van der Waals surface area contributed by atoms with Crippen LogP contribution in [0.2, 0.25) is 10.0 Å². The predicted molar refractivity (Wildman–Crippen MR) is 74.4 cm³/mol. The van der Waals surface area contributed by atoms with Gasteiger partial charge in [-0.2, -0.15) is 4.98 Å². The third-order valence-electron chi connectivity index (χ3n) is 2.62. The van der Waals surface area contributed by atoms with Crippen LogP contribution in [-0.4, -0.2) is 21.4 Å². The Bertz CT molecular complexity index is 537. The van der Waals surface area contributed by atoms with Gasteiger partial charge < -0.3 is 9.63 Å². The number of hydrogen-bond acceptors (Lipinski definition) is 4. The van der Waals surface area contributed by atoms with Crippen molar-refractivity contribution in [1.29, 1.82) is 0 Å². The van der Waals surface area contributed by atoms with Gasteiger partial charge in [0.05, 0.1) is 12.5 Å². The van der Waals surface area contributed by atoms with Crippen LogP contribution in [0.5, 0.6) is 0 Å². The van der Waals surface area contributed by atoms with Gasteiger partial charge in [0.25, 0.3) is 0 Å². The van der Waals surface area contributed by atoms with Gasteiger partial charge in [-0.3, -0.25) is 0 Å². The SMILES string of the molecule is CCCC(O)Cc1nc(-c2cc(Cl)cc(Cl)c2)no1. The zero-order valence-electron chi connectivity index (χ0n) is 10.4. The van der Waals surface area contributed by atoms with E-state index < -0.39 is 6.10 Å². The van der Waals surface area contributed by atoms with E-state index in [4.69, 9.17) is 27.7 Å². The molecule has 1 aromatic heterocycles. The van der Waals surface area contributed by atoms with E-state index in [1.54, 1.807) is 18.2 Å². The lowest BCUT2D eigenvalue weighted by molar-refractivity contribution is 0.152. The summed E-state index contributed by atoms with van der Waals surface area (Å²) in [7, 11) is 0. The van der Waals surface area contributed by atoms with Crippen LogP contribution in [-0.2, 0) is 6.42 Å². The molecule has 1 atom stereocenters. The topological polar surface area (TPSA) is 59.2 Å². The highest BCUT2D eigenvalue weighted by Crippen LogP contribution is 2.25. The summed E-state index contributed by atoms with van der Waals surface area (Å²) in [5.74, 6) is 0.829. The van der Waals surface area contributed by atoms with Gasteiger partial charge in [-0.1, -0.05) is 41.7 Å². The lowest BCUT2D eigenvalue weighted by atomic mass is 10.1. The minimum absolute atomic E-state index is 0.356. The van der Waals surface area contributed by atoms with Crippen molar-refractivity contribution in [2.45, 2.75) is 32.3 Å². The zero-order chi connectivity index (χ0) is 13.8. The maximum atomic E-state index is 9.70. The first-order valence-electron chi connectivity index (χ1n) is 6.05. The molecular formula is C13H14Cl2N2O2. The van der Waals surface area contributed by atoms with Crippen LogP contribution < -0.4 is 0 Å². The Morgan fingerprint density at radius 3 is 2.58 bits per heavy atom. The van der Waals surface area contributed by atoms with Crippen LogP contribution in [0.15, 0.2) is 22.7 Å². The molecule has 102 valence electrons. The second kappa shape index (κ2) is 6.37. The molecule has 2 aromatic rings. The third-order valence-corrected chi connectivity index (χ3v) is 3.06. The highest BCUT2D eigenvalue weighted by Gasteiger charge is 2.13. The fourth-order valence-electron chi connectivity index (χ4n) is 1.77. The molecule has 0 spiro atoms. The van der Waals surface area contributed by atoms with Gasteiger partial charge in [0.1, 0.15) is 0 Å². The molecule has 1 N–H and O–H groups in total. The molecule has 2 rings (SSSR count). The van der Waals surface area contributed by atoms with Crippen LogP contribution in [0.25, 0.3) is 11.4 Å². The highest BCUT2D eigenvalue weighted by atomic mass is 35.5. The van der Waals surface area contributed by atoms with Crippen LogP contribution in [0.1, 0.15) is 25.7 Å². The molecule has 1 aromatic carbocycles. The van der Waals surface area contributed by atoms with Crippen LogP contribution >= 0.6 is 23.2 Å². The molecule has 0 saturated heterocycles. The Balaban J connectivity index is 2.16. The molecule has 4 nitrogen and oxygen atoms in total. The number of nitrogens with zero attached hydrogens (tertiary/aromatic N) is 2. The first-order chi connectivity index (χ1) is 9.08. The molecule has 6 heteroatoms. The van der Waals surface area contributed by atoms with E-state index in [1.165, 1.54) is 0 Å². The maximum Gasteiger partial charge on any atom is 0.229 e. The molecular weight excluding hydrogens is 287 g/mol. The number of rotatable bonds is 5. The monoisotopic (exact) mass is 300 g/mol. The summed E-state index contributed by atoms with van der Waals surface area (Å²) < 4.78 is 5.11. The molecule has 0 amide bonds. The summed E-state index contributed by atoms with van der Waals surface area (Å²) in [6.07, 6.45) is 1.52. The molecule has 1 unspecified atom stereocenters. The van der Waals surface area contributed by atoms with Crippen molar-refractivity contribution in [3.05, 3.63) is 34.1 Å². The van der Waals surface area contributed by atoms with Crippen LogP contribution in [0, 0.1) is 0 Å². The van der Waals surface area contributed by atoms with E-state index in [-0.39, 0.29) is 0 Å². The Labute approximate surface area is 121 Å². The van der Waals surface area contributed by atoms with Gasteiger partial charge in [-0.25, -0.2) is 0 Å². The standard InChI is InChI=1S/C13H14Cl2N2O2/c1-2-3-11(18)7-12-16-13(17-19-12)8-4-9(14)6-10(15)5-8/h4-6,11,18H,2-3,7H2,1H3. The van der Waals surface area contributed by atoms with Crippen molar-refractivity contribution in [3.8, 4) is 11.4 Å². The van der Waals surface area contributed by atoms with Crippen molar-refractivity contribution in [3.63, 3.8) is 0 Å². The average molecular weight is 301 g/mol. The van der Waals surface area contributed by atoms with Gasteiger partial charge in [0.2, 0.25) is 11.7 Å². The number of aliphatic hydroxyl groups is 1. The minimum atomic E-state index is -0.457. The maximum absolute atomic E-state index is 9.70. The van der Waals surface area contributed by atoms with E-state index in [1.807, 2.05) is 6.92 Å². The third kappa shape index (κ3) is 3.93. The molecule has 0 aliphatic carbocycles. The molecule has 0 radical (unpaired) electrons. The molecule has 0 saturated carbocycles. The zero-order valence-corrected chi connectivity index (χ0v) is 11.9. The second-order valence-electron chi connectivity index (χ2n) is 4.32. The van der Waals surface area contributed by atoms with E-state index in [0.29, 0.717) is 40.2 Å². The molecule has 0 aliphatic heterocycles. The summed E-state index contributed by atoms with van der Waals surface area (Å²) in [5, 5.41) is 14.6. The van der Waals surface area contributed by atoms with Crippen LogP contribution in [0.3, 0.4) is 0 Å². The molecule has 0 fully saturated rings.